The number of nitrogens with zero attached hydrogens (tertiary/aromatic N) is 2. The zero-order valence-corrected chi connectivity index (χ0v) is 17.5. The normalized spacial score (nSPS) is 16.3. The predicted octanol–water partition coefficient (Wildman–Crippen LogP) is 3.14. The molecule has 1 saturated heterocycles. The molecule has 1 atom stereocenters. The van der Waals surface area contributed by atoms with Crippen LogP contribution in [0.5, 0.6) is 0 Å². The van der Waals surface area contributed by atoms with E-state index in [0.717, 1.165) is 29.1 Å². The van der Waals surface area contributed by atoms with E-state index in [0.29, 0.717) is 25.5 Å². The first kappa shape index (κ1) is 23.3. The molecular weight excluding hydrogens is 411 g/mol. The molecule has 3 rings (SSSR count). The lowest BCUT2D eigenvalue weighted by molar-refractivity contribution is -0.162. The van der Waals surface area contributed by atoms with E-state index < -0.39 is 18.6 Å². The number of amides is 1. The lowest BCUT2D eigenvalue weighted by atomic mass is 10.0. The SMILES string of the molecule is Cc1ccc([C@H](CNCC(=O)N(Cc2ccco2)CC(F)(F)F)N2CCOCC2)cc1. The van der Waals surface area contributed by atoms with Crippen LogP contribution in [0.4, 0.5) is 13.2 Å². The molecule has 9 heteroatoms. The zero-order chi connectivity index (χ0) is 22.3. The fourth-order valence-corrected chi connectivity index (χ4v) is 3.60. The van der Waals surface area contributed by atoms with Crippen molar-refractivity contribution in [2.45, 2.75) is 25.7 Å². The maximum absolute atomic E-state index is 13.0. The molecule has 1 fully saturated rings. The van der Waals surface area contributed by atoms with Crippen molar-refractivity contribution in [2.75, 3.05) is 45.9 Å². The molecule has 31 heavy (non-hydrogen) atoms. The Balaban J connectivity index is 1.62. The second-order valence-corrected chi connectivity index (χ2v) is 7.65. The summed E-state index contributed by atoms with van der Waals surface area (Å²) >= 11 is 0. The monoisotopic (exact) mass is 439 g/mol. The molecule has 0 spiro atoms. The summed E-state index contributed by atoms with van der Waals surface area (Å²) in [4.78, 5) is 15.6. The average molecular weight is 439 g/mol. The number of ether oxygens (including phenoxy) is 1. The number of carbonyl (C=O) groups is 1. The van der Waals surface area contributed by atoms with Crippen LogP contribution < -0.4 is 5.32 Å². The van der Waals surface area contributed by atoms with Gasteiger partial charge >= 0.3 is 6.18 Å². The number of rotatable bonds is 9. The summed E-state index contributed by atoms with van der Waals surface area (Å²) in [6.45, 7) is 3.49. The van der Waals surface area contributed by atoms with Gasteiger partial charge in [0.25, 0.3) is 0 Å². The molecule has 1 aromatic heterocycles. The maximum Gasteiger partial charge on any atom is 0.406 e. The van der Waals surface area contributed by atoms with Crippen LogP contribution in [-0.2, 0) is 16.1 Å². The van der Waals surface area contributed by atoms with Gasteiger partial charge in [-0.2, -0.15) is 13.2 Å². The van der Waals surface area contributed by atoms with Crippen molar-refractivity contribution in [1.82, 2.24) is 15.1 Å². The van der Waals surface area contributed by atoms with Gasteiger partial charge in [0, 0.05) is 25.7 Å². The average Bonchev–Trinajstić information content (AvgIpc) is 3.24. The summed E-state index contributed by atoms with van der Waals surface area (Å²) in [6, 6.07) is 11.3. The van der Waals surface area contributed by atoms with Crippen LogP contribution in [0.3, 0.4) is 0 Å². The van der Waals surface area contributed by atoms with E-state index in [2.05, 4.69) is 10.2 Å². The molecule has 2 aromatic rings. The largest absolute Gasteiger partial charge is 0.467 e. The van der Waals surface area contributed by atoms with E-state index >= 15 is 0 Å². The van der Waals surface area contributed by atoms with Crippen molar-refractivity contribution >= 4 is 5.91 Å². The number of hydrogen-bond donors (Lipinski definition) is 1. The van der Waals surface area contributed by atoms with Gasteiger partial charge in [-0.05, 0) is 24.6 Å². The number of alkyl halides is 3. The Labute approximate surface area is 179 Å². The van der Waals surface area contributed by atoms with Gasteiger partial charge < -0.3 is 19.4 Å². The Morgan fingerprint density at radius 1 is 1.19 bits per heavy atom. The molecule has 1 amide bonds. The lowest BCUT2D eigenvalue weighted by Crippen LogP contribution is -2.46. The topological polar surface area (TPSA) is 58.0 Å². The highest BCUT2D eigenvalue weighted by Crippen LogP contribution is 2.22. The third kappa shape index (κ3) is 7.37. The highest BCUT2D eigenvalue weighted by Gasteiger charge is 2.33. The molecule has 0 unspecified atom stereocenters. The Kier molecular flexibility index (Phi) is 8.11. The molecule has 0 aliphatic carbocycles. The summed E-state index contributed by atoms with van der Waals surface area (Å²) in [5.74, 6) is -0.318. The fourth-order valence-electron chi connectivity index (χ4n) is 3.60. The van der Waals surface area contributed by atoms with Gasteiger partial charge in [-0.1, -0.05) is 29.8 Å². The number of furan rings is 1. The Morgan fingerprint density at radius 3 is 2.52 bits per heavy atom. The van der Waals surface area contributed by atoms with Crippen LogP contribution in [-0.4, -0.2) is 67.8 Å². The van der Waals surface area contributed by atoms with Crippen LogP contribution in [0.25, 0.3) is 0 Å². The third-order valence-electron chi connectivity index (χ3n) is 5.21. The Bertz CT molecular complexity index is 804. The number of halogens is 3. The summed E-state index contributed by atoms with van der Waals surface area (Å²) in [7, 11) is 0. The minimum absolute atomic E-state index is 0.00144. The summed E-state index contributed by atoms with van der Waals surface area (Å²) < 4.78 is 49.5. The lowest BCUT2D eigenvalue weighted by Gasteiger charge is -2.35. The minimum Gasteiger partial charge on any atom is -0.467 e. The van der Waals surface area contributed by atoms with E-state index in [1.807, 2.05) is 31.2 Å². The molecule has 170 valence electrons. The summed E-state index contributed by atoms with van der Waals surface area (Å²) in [6.07, 6.45) is -3.11. The second kappa shape index (κ2) is 10.8. The van der Waals surface area contributed by atoms with Crippen molar-refractivity contribution in [2.24, 2.45) is 0 Å². The van der Waals surface area contributed by atoms with Gasteiger partial charge in [0.1, 0.15) is 12.3 Å². The summed E-state index contributed by atoms with van der Waals surface area (Å²) in [5, 5.41) is 3.07. The molecule has 1 aliphatic heterocycles. The van der Waals surface area contributed by atoms with Gasteiger partial charge in [0.2, 0.25) is 5.91 Å². The predicted molar refractivity (Wildman–Crippen MR) is 109 cm³/mol. The van der Waals surface area contributed by atoms with Crippen molar-refractivity contribution in [3.63, 3.8) is 0 Å². The highest BCUT2D eigenvalue weighted by atomic mass is 19.4. The number of benzene rings is 1. The first-order valence-corrected chi connectivity index (χ1v) is 10.3. The van der Waals surface area contributed by atoms with Crippen LogP contribution in [0, 0.1) is 6.92 Å². The molecule has 0 saturated carbocycles. The van der Waals surface area contributed by atoms with Crippen molar-refractivity contribution < 1.29 is 27.1 Å². The number of hydrogen-bond acceptors (Lipinski definition) is 5. The number of morpholine rings is 1. The molecule has 0 bridgehead atoms. The minimum atomic E-state index is -4.49. The molecule has 1 aromatic carbocycles. The molecular formula is C22H28F3N3O3. The first-order valence-electron chi connectivity index (χ1n) is 10.3. The third-order valence-corrected chi connectivity index (χ3v) is 5.21. The number of nitrogens with one attached hydrogen (secondary N) is 1. The smallest absolute Gasteiger partial charge is 0.406 e. The molecule has 2 heterocycles. The molecule has 1 N–H and O–H groups in total. The number of aryl methyl sites for hydroxylation is 1. The number of carbonyl (C=O) groups excluding carboxylic acids is 1. The Morgan fingerprint density at radius 2 is 1.90 bits per heavy atom. The van der Waals surface area contributed by atoms with Crippen molar-refractivity contribution in [1.29, 1.82) is 0 Å². The van der Waals surface area contributed by atoms with Crippen molar-refractivity contribution in [3.05, 3.63) is 59.5 Å². The van der Waals surface area contributed by atoms with E-state index in [1.165, 1.54) is 6.26 Å². The van der Waals surface area contributed by atoms with E-state index in [1.54, 1.807) is 12.1 Å². The van der Waals surface area contributed by atoms with E-state index in [9.17, 15) is 18.0 Å². The van der Waals surface area contributed by atoms with Crippen LogP contribution in [0.15, 0.2) is 47.1 Å². The molecule has 1 aliphatic rings. The standard InChI is InChI=1S/C22H28F3N3O3/c1-17-4-6-18(7-5-17)20(27-8-11-30-12-9-27)13-26-14-21(29)28(16-22(23,24)25)15-19-3-2-10-31-19/h2-7,10,20,26H,8-9,11-16H2,1H3/t20-/m0/s1. The van der Waals surface area contributed by atoms with Crippen LogP contribution in [0.2, 0.25) is 0 Å². The highest BCUT2D eigenvalue weighted by molar-refractivity contribution is 5.78. The Hall–Kier alpha value is -2.36. The van der Waals surface area contributed by atoms with Crippen LogP contribution in [0.1, 0.15) is 22.9 Å². The quantitative estimate of drug-likeness (QED) is 0.651. The first-order chi connectivity index (χ1) is 14.8. The second-order valence-electron chi connectivity index (χ2n) is 7.65. The van der Waals surface area contributed by atoms with Gasteiger partial charge in [-0.25, -0.2) is 0 Å². The zero-order valence-electron chi connectivity index (χ0n) is 17.5. The summed E-state index contributed by atoms with van der Waals surface area (Å²) in [5.41, 5.74) is 2.24. The van der Waals surface area contributed by atoms with Gasteiger partial charge in [0.15, 0.2) is 0 Å². The van der Waals surface area contributed by atoms with E-state index in [4.69, 9.17) is 9.15 Å². The van der Waals surface area contributed by atoms with Gasteiger partial charge in [-0.15, -0.1) is 0 Å². The van der Waals surface area contributed by atoms with Gasteiger partial charge in [0.05, 0.1) is 32.6 Å². The fraction of sp³-hybridized carbons (Fsp3) is 0.500. The molecule has 6 nitrogen and oxygen atoms in total. The molecule has 0 radical (unpaired) electrons. The van der Waals surface area contributed by atoms with Crippen LogP contribution >= 0.6 is 0 Å². The van der Waals surface area contributed by atoms with Gasteiger partial charge in [-0.3, -0.25) is 9.69 Å². The van der Waals surface area contributed by atoms with Crippen molar-refractivity contribution in [3.8, 4) is 0 Å². The van der Waals surface area contributed by atoms with E-state index in [-0.39, 0.29) is 19.1 Å². The maximum atomic E-state index is 13.0.